The fraction of sp³-hybridized carbons (Fsp3) is 0.414. The SMILES string of the molecule is CCOC(=O)C1=C(CN2CCN(C(=O)c3ccc4c(c3)OCO4)[C@@H](C)C2)N(CC)C(=O)N[C@@H]1c1cccc(Cl)c1Cl. The lowest BCUT2D eigenvalue weighted by Gasteiger charge is -2.43. The molecule has 41 heavy (non-hydrogen) atoms. The van der Waals surface area contributed by atoms with Crippen LogP contribution in [0.4, 0.5) is 4.79 Å². The topological polar surface area (TPSA) is 101 Å². The van der Waals surface area contributed by atoms with Crippen LogP contribution in [0.1, 0.15) is 42.7 Å². The van der Waals surface area contributed by atoms with E-state index in [-0.39, 0.29) is 36.4 Å². The molecule has 12 heteroatoms. The Hall–Kier alpha value is -3.47. The molecule has 2 aromatic carbocycles. The minimum absolute atomic E-state index is 0.0928. The highest BCUT2D eigenvalue weighted by Crippen LogP contribution is 2.38. The van der Waals surface area contributed by atoms with Crippen LogP contribution in [0, 0.1) is 0 Å². The molecule has 2 atom stereocenters. The molecule has 0 aliphatic carbocycles. The Morgan fingerprint density at radius 3 is 2.61 bits per heavy atom. The average Bonchev–Trinajstić information content (AvgIpc) is 3.42. The summed E-state index contributed by atoms with van der Waals surface area (Å²) in [5.74, 6) is 0.557. The molecule has 10 nitrogen and oxygen atoms in total. The van der Waals surface area contributed by atoms with Crippen molar-refractivity contribution in [2.45, 2.75) is 32.9 Å². The number of carbonyl (C=O) groups is 3. The van der Waals surface area contributed by atoms with Gasteiger partial charge in [-0.2, -0.15) is 0 Å². The first-order valence-corrected chi connectivity index (χ1v) is 14.3. The molecule has 0 spiro atoms. The normalized spacial score (nSPS) is 20.8. The third-order valence-electron chi connectivity index (χ3n) is 7.51. The van der Waals surface area contributed by atoms with Crippen molar-refractivity contribution < 1.29 is 28.6 Å². The zero-order chi connectivity index (χ0) is 29.3. The number of carbonyl (C=O) groups excluding carboxylic acids is 3. The highest BCUT2D eigenvalue weighted by atomic mass is 35.5. The number of nitrogens with zero attached hydrogens (tertiary/aromatic N) is 3. The summed E-state index contributed by atoms with van der Waals surface area (Å²) in [6.07, 6.45) is 0. The predicted molar refractivity (Wildman–Crippen MR) is 153 cm³/mol. The largest absolute Gasteiger partial charge is 0.463 e. The smallest absolute Gasteiger partial charge is 0.338 e. The summed E-state index contributed by atoms with van der Waals surface area (Å²) in [5.41, 5.74) is 1.89. The Morgan fingerprint density at radius 2 is 1.88 bits per heavy atom. The third-order valence-corrected chi connectivity index (χ3v) is 8.34. The summed E-state index contributed by atoms with van der Waals surface area (Å²) >= 11 is 12.8. The molecule has 2 aromatic rings. The first-order chi connectivity index (χ1) is 19.7. The number of halogens is 2. The van der Waals surface area contributed by atoms with Gasteiger partial charge in [0.05, 0.1) is 28.3 Å². The molecule has 1 saturated heterocycles. The van der Waals surface area contributed by atoms with Gasteiger partial charge in [-0.1, -0.05) is 35.3 Å². The van der Waals surface area contributed by atoms with Crippen LogP contribution in [0.15, 0.2) is 47.7 Å². The van der Waals surface area contributed by atoms with E-state index in [1.807, 2.05) is 18.7 Å². The van der Waals surface area contributed by atoms with Crippen LogP contribution < -0.4 is 14.8 Å². The molecule has 5 rings (SSSR count). The van der Waals surface area contributed by atoms with Crippen LogP contribution in [0.3, 0.4) is 0 Å². The van der Waals surface area contributed by atoms with Gasteiger partial charge in [-0.15, -0.1) is 0 Å². The van der Waals surface area contributed by atoms with Crippen LogP contribution in [-0.4, -0.2) is 84.8 Å². The fourth-order valence-electron chi connectivity index (χ4n) is 5.52. The Balaban J connectivity index is 1.42. The van der Waals surface area contributed by atoms with Gasteiger partial charge in [-0.05, 0) is 50.6 Å². The lowest BCUT2D eigenvalue weighted by Crippen LogP contribution is -2.56. The Bertz CT molecular complexity index is 1400. The number of likely N-dealkylation sites (N-methyl/N-ethyl adjacent to an activating group) is 1. The first-order valence-electron chi connectivity index (χ1n) is 13.6. The predicted octanol–water partition coefficient (Wildman–Crippen LogP) is 4.47. The van der Waals surface area contributed by atoms with Gasteiger partial charge in [-0.3, -0.25) is 14.6 Å². The van der Waals surface area contributed by atoms with Gasteiger partial charge in [-0.25, -0.2) is 9.59 Å². The lowest BCUT2D eigenvalue weighted by atomic mass is 9.93. The molecule has 218 valence electrons. The summed E-state index contributed by atoms with van der Waals surface area (Å²) < 4.78 is 16.3. The molecule has 3 aliphatic heterocycles. The molecule has 0 radical (unpaired) electrons. The van der Waals surface area contributed by atoms with Gasteiger partial charge < -0.3 is 24.4 Å². The fourth-order valence-corrected chi connectivity index (χ4v) is 5.94. The van der Waals surface area contributed by atoms with Gasteiger partial charge in [0.25, 0.3) is 5.91 Å². The van der Waals surface area contributed by atoms with Crippen molar-refractivity contribution in [1.29, 1.82) is 0 Å². The highest BCUT2D eigenvalue weighted by molar-refractivity contribution is 6.42. The van der Waals surface area contributed by atoms with Crippen molar-refractivity contribution in [2.24, 2.45) is 0 Å². The third kappa shape index (κ3) is 5.68. The molecule has 0 bridgehead atoms. The zero-order valence-electron chi connectivity index (χ0n) is 23.1. The quantitative estimate of drug-likeness (QED) is 0.467. The maximum atomic E-state index is 13.4. The number of piperazine rings is 1. The molecular weight excluding hydrogens is 571 g/mol. The molecule has 3 heterocycles. The summed E-state index contributed by atoms with van der Waals surface area (Å²) in [5, 5.41) is 3.50. The second-order valence-corrected chi connectivity index (χ2v) is 10.8. The van der Waals surface area contributed by atoms with Crippen LogP contribution >= 0.6 is 23.2 Å². The van der Waals surface area contributed by atoms with Gasteiger partial charge in [0.1, 0.15) is 0 Å². The van der Waals surface area contributed by atoms with Crippen molar-refractivity contribution >= 4 is 41.1 Å². The summed E-state index contributed by atoms with van der Waals surface area (Å²) in [6, 6.07) is 9.00. The van der Waals surface area contributed by atoms with E-state index in [1.54, 1.807) is 48.2 Å². The Morgan fingerprint density at radius 1 is 1.10 bits per heavy atom. The Labute approximate surface area is 248 Å². The van der Waals surface area contributed by atoms with Gasteiger partial charge in [0.2, 0.25) is 6.79 Å². The molecule has 0 saturated carbocycles. The van der Waals surface area contributed by atoms with E-state index in [0.29, 0.717) is 71.6 Å². The minimum Gasteiger partial charge on any atom is -0.463 e. The van der Waals surface area contributed by atoms with Gasteiger partial charge in [0.15, 0.2) is 11.5 Å². The number of rotatable bonds is 7. The van der Waals surface area contributed by atoms with E-state index in [1.165, 1.54) is 0 Å². The van der Waals surface area contributed by atoms with Crippen molar-refractivity contribution in [3.05, 3.63) is 68.8 Å². The number of hydrogen-bond donors (Lipinski definition) is 1. The Kier molecular flexibility index (Phi) is 8.63. The van der Waals surface area contributed by atoms with Gasteiger partial charge >= 0.3 is 12.0 Å². The summed E-state index contributed by atoms with van der Waals surface area (Å²) in [4.78, 5) is 45.6. The van der Waals surface area contributed by atoms with E-state index in [0.717, 1.165) is 0 Å². The van der Waals surface area contributed by atoms with Crippen molar-refractivity contribution in [1.82, 2.24) is 20.0 Å². The summed E-state index contributed by atoms with van der Waals surface area (Å²) in [7, 11) is 0. The number of amides is 3. The lowest BCUT2D eigenvalue weighted by molar-refractivity contribution is -0.139. The number of esters is 1. The maximum Gasteiger partial charge on any atom is 0.338 e. The van der Waals surface area contributed by atoms with Crippen molar-refractivity contribution in [2.75, 3.05) is 46.1 Å². The molecule has 1 N–H and O–H groups in total. The van der Waals surface area contributed by atoms with Crippen LogP contribution in [0.5, 0.6) is 11.5 Å². The molecular formula is C29H32Cl2N4O6. The van der Waals surface area contributed by atoms with Crippen LogP contribution in [0.2, 0.25) is 10.0 Å². The number of benzene rings is 2. The average molecular weight is 604 g/mol. The molecule has 0 aromatic heterocycles. The maximum absolute atomic E-state index is 13.4. The molecule has 0 unspecified atom stereocenters. The van der Waals surface area contributed by atoms with Crippen LogP contribution in [0.25, 0.3) is 0 Å². The summed E-state index contributed by atoms with van der Waals surface area (Å²) in [6.45, 7) is 8.08. The highest BCUT2D eigenvalue weighted by Gasteiger charge is 2.40. The number of ether oxygens (including phenoxy) is 3. The van der Waals surface area contributed by atoms with Crippen LogP contribution in [-0.2, 0) is 9.53 Å². The number of nitrogens with one attached hydrogen (secondary N) is 1. The van der Waals surface area contributed by atoms with Gasteiger partial charge in [0, 0.05) is 50.0 Å². The second kappa shape index (κ2) is 12.2. The standard InChI is InChI=1S/C29H32Cl2N4O6/c1-4-34-21(24(28(37)39-5-2)26(32-29(34)38)19-7-6-8-20(30)25(19)31)15-33-11-12-35(17(3)14-33)27(36)18-9-10-22-23(13-18)41-16-40-22/h6-10,13,17,26H,4-5,11-12,14-16H2,1-3H3,(H,32,38)/t17-,26+/m0/s1. The first kappa shape index (κ1) is 29.0. The molecule has 3 amide bonds. The number of fused-ring (bicyclic) bond motifs is 1. The number of urea groups is 1. The van der Waals surface area contributed by atoms with E-state index in [9.17, 15) is 14.4 Å². The second-order valence-electron chi connectivity index (χ2n) is 10.0. The minimum atomic E-state index is -0.836. The van der Waals surface area contributed by atoms with Crippen molar-refractivity contribution in [3.8, 4) is 11.5 Å². The van der Waals surface area contributed by atoms with E-state index in [4.69, 9.17) is 37.4 Å². The molecule has 1 fully saturated rings. The molecule has 3 aliphatic rings. The monoisotopic (exact) mass is 602 g/mol. The van der Waals surface area contributed by atoms with Crippen molar-refractivity contribution in [3.63, 3.8) is 0 Å². The van der Waals surface area contributed by atoms with E-state index < -0.39 is 12.0 Å². The zero-order valence-corrected chi connectivity index (χ0v) is 24.6. The van der Waals surface area contributed by atoms with E-state index in [2.05, 4.69) is 10.2 Å². The number of hydrogen-bond acceptors (Lipinski definition) is 7. The van der Waals surface area contributed by atoms with E-state index >= 15 is 0 Å².